The van der Waals surface area contributed by atoms with Crippen molar-refractivity contribution in [2.24, 2.45) is 11.1 Å². The van der Waals surface area contributed by atoms with E-state index in [4.69, 9.17) is 18.0 Å². The fourth-order valence-corrected chi connectivity index (χ4v) is 1.91. The van der Waals surface area contributed by atoms with E-state index >= 15 is 0 Å². The number of hydrogen-bond acceptors (Lipinski definition) is 3. The Kier molecular flexibility index (Phi) is 6.97. The Morgan fingerprint density at radius 1 is 1.32 bits per heavy atom. The zero-order valence-electron chi connectivity index (χ0n) is 12.4. The van der Waals surface area contributed by atoms with Crippen LogP contribution in [0.25, 0.3) is 0 Å². The molecule has 2 atom stereocenters. The molecule has 0 fully saturated rings. The van der Waals surface area contributed by atoms with Crippen molar-refractivity contribution in [3.8, 4) is 0 Å². The summed E-state index contributed by atoms with van der Waals surface area (Å²) in [5.41, 5.74) is 4.71. The highest BCUT2D eigenvalue weighted by Gasteiger charge is 2.36. The van der Waals surface area contributed by atoms with Crippen molar-refractivity contribution >= 4 is 29.0 Å². The van der Waals surface area contributed by atoms with Crippen molar-refractivity contribution in [1.82, 2.24) is 10.2 Å². The molecule has 0 saturated heterocycles. The highest BCUT2D eigenvalue weighted by atomic mass is 32.1. The second-order valence-corrected chi connectivity index (χ2v) is 5.20. The Morgan fingerprint density at radius 2 is 1.79 bits per heavy atom. The lowest BCUT2D eigenvalue weighted by molar-refractivity contribution is -0.137. The van der Waals surface area contributed by atoms with Crippen LogP contribution >= 0.6 is 12.2 Å². The second kappa shape index (κ2) is 7.43. The highest BCUT2D eigenvalue weighted by molar-refractivity contribution is 7.80. The SMILES string of the molecule is CCN(CC)C(=O)C(C)NC(=O)C(C)(CC)C(N)=S. The first-order chi connectivity index (χ1) is 8.74. The van der Waals surface area contributed by atoms with Crippen molar-refractivity contribution in [1.29, 1.82) is 0 Å². The molecule has 0 aliphatic rings. The summed E-state index contributed by atoms with van der Waals surface area (Å²) < 4.78 is 0. The lowest BCUT2D eigenvalue weighted by atomic mass is 9.86. The number of hydrogen-bond donors (Lipinski definition) is 2. The molecule has 0 aromatic heterocycles. The molecule has 0 aliphatic carbocycles. The number of nitrogens with zero attached hydrogens (tertiary/aromatic N) is 1. The first-order valence-corrected chi connectivity index (χ1v) is 7.04. The number of nitrogens with one attached hydrogen (secondary N) is 1. The molecule has 3 N–H and O–H groups in total. The van der Waals surface area contributed by atoms with E-state index in [1.54, 1.807) is 18.7 Å². The maximum absolute atomic E-state index is 12.2. The van der Waals surface area contributed by atoms with Crippen LogP contribution in [0.15, 0.2) is 0 Å². The Bertz CT molecular complexity index is 356. The summed E-state index contributed by atoms with van der Waals surface area (Å²) in [6.45, 7) is 10.3. The first kappa shape index (κ1) is 17.8. The van der Waals surface area contributed by atoms with E-state index in [9.17, 15) is 9.59 Å². The van der Waals surface area contributed by atoms with Gasteiger partial charge < -0.3 is 16.0 Å². The number of carbonyl (C=O) groups is 2. The maximum Gasteiger partial charge on any atom is 0.244 e. The molecule has 110 valence electrons. The molecule has 0 aromatic carbocycles. The average molecular weight is 287 g/mol. The van der Waals surface area contributed by atoms with Crippen LogP contribution in [0, 0.1) is 5.41 Å². The van der Waals surface area contributed by atoms with Gasteiger partial charge >= 0.3 is 0 Å². The van der Waals surface area contributed by atoms with Crippen LogP contribution in [0.4, 0.5) is 0 Å². The van der Waals surface area contributed by atoms with Gasteiger partial charge in [0.15, 0.2) is 0 Å². The number of rotatable bonds is 7. The fraction of sp³-hybridized carbons (Fsp3) is 0.769. The van der Waals surface area contributed by atoms with Crippen LogP contribution in [-0.2, 0) is 9.59 Å². The highest BCUT2D eigenvalue weighted by Crippen LogP contribution is 2.22. The number of carbonyl (C=O) groups excluding carboxylic acids is 2. The number of likely N-dealkylation sites (N-methyl/N-ethyl adjacent to an activating group) is 1. The van der Waals surface area contributed by atoms with E-state index in [1.165, 1.54) is 0 Å². The maximum atomic E-state index is 12.2. The average Bonchev–Trinajstić information content (AvgIpc) is 2.38. The van der Waals surface area contributed by atoms with E-state index in [-0.39, 0.29) is 16.8 Å². The minimum Gasteiger partial charge on any atom is -0.392 e. The Hall–Kier alpha value is -1.17. The van der Waals surface area contributed by atoms with Crippen molar-refractivity contribution in [3.63, 3.8) is 0 Å². The third kappa shape index (κ3) is 4.16. The predicted octanol–water partition coefficient (Wildman–Crippen LogP) is 1.06. The monoisotopic (exact) mass is 287 g/mol. The van der Waals surface area contributed by atoms with Crippen molar-refractivity contribution in [3.05, 3.63) is 0 Å². The van der Waals surface area contributed by atoms with Gasteiger partial charge in [-0.05, 0) is 34.1 Å². The van der Waals surface area contributed by atoms with Gasteiger partial charge in [0, 0.05) is 13.1 Å². The van der Waals surface area contributed by atoms with Crippen LogP contribution in [0.1, 0.15) is 41.0 Å². The normalized spacial score (nSPS) is 15.2. The Morgan fingerprint density at radius 3 is 2.11 bits per heavy atom. The molecule has 0 bridgehead atoms. The smallest absolute Gasteiger partial charge is 0.244 e. The summed E-state index contributed by atoms with van der Waals surface area (Å²) in [5, 5.41) is 2.70. The minimum absolute atomic E-state index is 0.0975. The molecule has 0 aromatic rings. The van der Waals surface area contributed by atoms with Gasteiger partial charge in [-0.2, -0.15) is 0 Å². The van der Waals surface area contributed by atoms with Crippen LogP contribution in [0.3, 0.4) is 0 Å². The zero-order valence-corrected chi connectivity index (χ0v) is 13.3. The Labute approximate surface area is 120 Å². The summed E-state index contributed by atoms with van der Waals surface area (Å²) in [6.07, 6.45) is 0.500. The van der Waals surface area contributed by atoms with Gasteiger partial charge in [0.1, 0.15) is 6.04 Å². The van der Waals surface area contributed by atoms with E-state index in [0.717, 1.165) is 0 Å². The fourth-order valence-electron chi connectivity index (χ4n) is 1.67. The lowest BCUT2D eigenvalue weighted by Crippen LogP contribution is -2.53. The predicted molar refractivity (Wildman–Crippen MR) is 80.7 cm³/mol. The molecule has 0 spiro atoms. The summed E-state index contributed by atoms with van der Waals surface area (Å²) in [7, 11) is 0. The van der Waals surface area contributed by atoms with Crippen LogP contribution < -0.4 is 11.1 Å². The first-order valence-electron chi connectivity index (χ1n) is 6.64. The number of amides is 2. The number of nitrogens with two attached hydrogens (primary N) is 1. The van der Waals surface area contributed by atoms with Gasteiger partial charge in [0.2, 0.25) is 11.8 Å². The standard InChI is InChI=1S/C13H25N3O2S/c1-6-13(5,11(14)19)12(18)15-9(4)10(17)16(7-2)8-3/h9H,6-8H2,1-5H3,(H2,14,19)(H,15,18). The van der Waals surface area contributed by atoms with E-state index < -0.39 is 11.5 Å². The lowest BCUT2D eigenvalue weighted by Gasteiger charge is -2.29. The van der Waals surface area contributed by atoms with Gasteiger partial charge in [0.05, 0.1) is 10.4 Å². The van der Waals surface area contributed by atoms with Gasteiger partial charge in [0.25, 0.3) is 0 Å². The molecular weight excluding hydrogens is 262 g/mol. The molecule has 6 heteroatoms. The topological polar surface area (TPSA) is 75.4 Å². The molecule has 0 rings (SSSR count). The molecule has 5 nitrogen and oxygen atoms in total. The van der Waals surface area contributed by atoms with Gasteiger partial charge in [-0.25, -0.2) is 0 Å². The molecule has 2 amide bonds. The van der Waals surface area contributed by atoms with E-state index in [2.05, 4.69) is 5.32 Å². The molecule has 0 heterocycles. The molecule has 0 saturated carbocycles. The third-order valence-corrected chi connectivity index (χ3v) is 4.00. The largest absolute Gasteiger partial charge is 0.392 e. The summed E-state index contributed by atoms with van der Waals surface area (Å²) in [6, 6.07) is -0.576. The zero-order chi connectivity index (χ0) is 15.2. The van der Waals surface area contributed by atoms with Crippen LogP contribution in [0.5, 0.6) is 0 Å². The quantitative estimate of drug-likeness (QED) is 0.687. The molecule has 19 heavy (non-hydrogen) atoms. The second-order valence-electron chi connectivity index (χ2n) is 4.76. The van der Waals surface area contributed by atoms with E-state index in [0.29, 0.717) is 19.5 Å². The van der Waals surface area contributed by atoms with Crippen molar-refractivity contribution in [2.45, 2.75) is 47.1 Å². The molecule has 2 unspecified atom stereocenters. The summed E-state index contributed by atoms with van der Waals surface area (Å²) in [5.74, 6) is -0.393. The third-order valence-electron chi connectivity index (χ3n) is 3.55. The van der Waals surface area contributed by atoms with Gasteiger partial charge in [-0.3, -0.25) is 9.59 Å². The number of thiocarbonyl (C=S) groups is 1. The van der Waals surface area contributed by atoms with Crippen molar-refractivity contribution in [2.75, 3.05) is 13.1 Å². The molecule has 0 radical (unpaired) electrons. The van der Waals surface area contributed by atoms with Crippen molar-refractivity contribution < 1.29 is 9.59 Å². The minimum atomic E-state index is -0.910. The summed E-state index contributed by atoms with van der Waals surface area (Å²) >= 11 is 4.94. The van der Waals surface area contributed by atoms with E-state index in [1.807, 2.05) is 20.8 Å². The summed E-state index contributed by atoms with van der Waals surface area (Å²) in [4.78, 5) is 26.1. The van der Waals surface area contributed by atoms with Gasteiger partial charge in [-0.15, -0.1) is 0 Å². The molecular formula is C13H25N3O2S. The Balaban J connectivity index is 4.82. The molecule has 0 aliphatic heterocycles. The van der Waals surface area contributed by atoms with Crippen LogP contribution in [0.2, 0.25) is 0 Å². The van der Waals surface area contributed by atoms with Gasteiger partial charge in [-0.1, -0.05) is 19.1 Å². The van der Waals surface area contributed by atoms with Crippen LogP contribution in [-0.4, -0.2) is 40.8 Å².